The average molecular weight is 396 g/mol. The van der Waals surface area contributed by atoms with E-state index in [1.165, 1.54) is 18.4 Å². The van der Waals surface area contributed by atoms with Gasteiger partial charge in [-0.15, -0.1) is 0 Å². The number of nitrogens with one attached hydrogen (secondary N) is 2. The summed E-state index contributed by atoms with van der Waals surface area (Å²) in [5.74, 6) is 0.444. The van der Waals surface area contributed by atoms with E-state index in [9.17, 15) is 9.59 Å². The van der Waals surface area contributed by atoms with Crippen molar-refractivity contribution in [2.45, 2.75) is 39.5 Å². The molecule has 0 unspecified atom stereocenters. The Hall–Kier alpha value is -3.02. The van der Waals surface area contributed by atoms with Gasteiger partial charge in [-0.05, 0) is 74.2 Å². The minimum absolute atomic E-state index is 0.0596. The van der Waals surface area contributed by atoms with Crippen LogP contribution in [-0.4, -0.2) is 36.5 Å². The van der Waals surface area contributed by atoms with E-state index in [2.05, 4.69) is 10.6 Å². The number of likely N-dealkylation sites (tertiary alicyclic amines) is 1. The molecule has 0 bridgehead atoms. The number of urea groups is 1. The van der Waals surface area contributed by atoms with E-state index in [1.807, 2.05) is 36.9 Å². The molecule has 0 aromatic heterocycles. The van der Waals surface area contributed by atoms with Gasteiger partial charge in [0.05, 0.1) is 0 Å². The van der Waals surface area contributed by atoms with Crippen LogP contribution in [-0.2, 0) is 4.79 Å². The molecule has 2 N–H and O–H groups in total. The number of hydrogen-bond donors (Lipinski definition) is 2. The highest BCUT2D eigenvalue weighted by Crippen LogP contribution is 2.18. The van der Waals surface area contributed by atoms with Crippen molar-refractivity contribution in [3.05, 3.63) is 53.6 Å². The van der Waals surface area contributed by atoms with Crippen LogP contribution in [0.4, 0.5) is 16.2 Å². The van der Waals surface area contributed by atoms with Crippen molar-refractivity contribution in [3.8, 4) is 5.75 Å². The standard InChI is InChI=1S/C23H29N3O3/c1-17-7-12-21(15-18(17)2)29-16-22(27)24-19-8-10-20(11-9-19)25-23(28)26-13-5-3-4-6-14-26/h7-12,15H,3-6,13-14,16H2,1-2H3,(H,24,27)(H,25,28). The minimum Gasteiger partial charge on any atom is -0.484 e. The third-order valence-electron chi connectivity index (χ3n) is 5.16. The summed E-state index contributed by atoms with van der Waals surface area (Å²) in [5, 5.41) is 5.73. The summed E-state index contributed by atoms with van der Waals surface area (Å²) in [6, 6.07) is 12.8. The highest BCUT2D eigenvalue weighted by atomic mass is 16.5. The summed E-state index contributed by atoms with van der Waals surface area (Å²) in [5.41, 5.74) is 3.68. The molecule has 29 heavy (non-hydrogen) atoms. The number of ether oxygens (including phenoxy) is 1. The lowest BCUT2D eigenvalue weighted by atomic mass is 10.1. The molecule has 0 spiro atoms. The lowest BCUT2D eigenvalue weighted by molar-refractivity contribution is -0.118. The Morgan fingerprint density at radius 3 is 2.10 bits per heavy atom. The zero-order valence-electron chi connectivity index (χ0n) is 17.2. The first-order chi connectivity index (χ1) is 14.0. The van der Waals surface area contributed by atoms with Crippen LogP contribution in [0.5, 0.6) is 5.75 Å². The number of aryl methyl sites for hydroxylation is 2. The van der Waals surface area contributed by atoms with Crippen LogP contribution in [0.15, 0.2) is 42.5 Å². The Morgan fingerprint density at radius 1 is 0.862 bits per heavy atom. The van der Waals surface area contributed by atoms with Crippen molar-refractivity contribution in [1.29, 1.82) is 0 Å². The maximum absolute atomic E-state index is 12.4. The van der Waals surface area contributed by atoms with E-state index >= 15 is 0 Å². The van der Waals surface area contributed by atoms with E-state index in [0.29, 0.717) is 17.1 Å². The fraction of sp³-hybridized carbons (Fsp3) is 0.391. The molecule has 154 valence electrons. The van der Waals surface area contributed by atoms with E-state index in [1.54, 1.807) is 24.3 Å². The summed E-state index contributed by atoms with van der Waals surface area (Å²) >= 11 is 0. The fourth-order valence-corrected chi connectivity index (χ4v) is 3.26. The lowest BCUT2D eigenvalue weighted by Gasteiger charge is -2.20. The topological polar surface area (TPSA) is 70.7 Å². The molecule has 0 radical (unpaired) electrons. The Balaban J connectivity index is 1.47. The molecule has 1 saturated heterocycles. The van der Waals surface area contributed by atoms with Gasteiger partial charge in [0.1, 0.15) is 5.75 Å². The first-order valence-corrected chi connectivity index (χ1v) is 10.2. The Kier molecular flexibility index (Phi) is 7.11. The second-order valence-corrected chi connectivity index (χ2v) is 7.49. The van der Waals surface area contributed by atoms with Crippen LogP contribution in [0.1, 0.15) is 36.8 Å². The minimum atomic E-state index is -0.232. The monoisotopic (exact) mass is 395 g/mol. The molecule has 0 atom stereocenters. The van der Waals surface area contributed by atoms with Crippen molar-refractivity contribution in [2.75, 3.05) is 30.3 Å². The second kappa shape index (κ2) is 9.96. The highest BCUT2D eigenvalue weighted by molar-refractivity contribution is 5.93. The number of carbonyl (C=O) groups is 2. The lowest BCUT2D eigenvalue weighted by Crippen LogP contribution is -2.35. The van der Waals surface area contributed by atoms with E-state index < -0.39 is 0 Å². The first kappa shape index (κ1) is 20.7. The van der Waals surface area contributed by atoms with Crippen molar-refractivity contribution >= 4 is 23.3 Å². The number of benzene rings is 2. The highest BCUT2D eigenvalue weighted by Gasteiger charge is 2.15. The third kappa shape index (κ3) is 6.24. The van der Waals surface area contributed by atoms with Gasteiger partial charge < -0.3 is 20.3 Å². The quantitative estimate of drug-likeness (QED) is 0.769. The molecule has 2 aromatic carbocycles. The number of rotatable bonds is 5. The number of nitrogens with zero attached hydrogens (tertiary/aromatic N) is 1. The van der Waals surface area contributed by atoms with Crippen molar-refractivity contribution in [2.24, 2.45) is 0 Å². The van der Waals surface area contributed by atoms with Crippen LogP contribution < -0.4 is 15.4 Å². The number of hydrogen-bond acceptors (Lipinski definition) is 3. The predicted molar refractivity (Wildman–Crippen MR) is 116 cm³/mol. The van der Waals surface area contributed by atoms with Crippen LogP contribution in [0.25, 0.3) is 0 Å². The maximum atomic E-state index is 12.4. The van der Waals surface area contributed by atoms with Crippen LogP contribution >= 0.6 is 0 Å². The maximum Gasteiger partial charge on any atom is 0.321 e. The summed E-state index contributed by atoms with van der Waals surface area (Å²) in [7, 11) is 0. The van der Waals surface area contributed by atoms with Gasteiger partial charge in [0.2, 0.25) is 0 Å². The SMILES string of the molecule is Cc1ccc(OCC(=O)Nc2ccc(NC(=O)N3CCCCCC3)cc2)cc1C. The van der Waals surface area contributed by atoms with Gasteiger partial charge in [0, 0.05) is 24.5 Å². The van der Waals surface area contributed by atoms with Gasteiger partial charge in [-0.2, -0.15) is 0 Å². The number of anilines is 2. The van der Waals surface area contributed by atoms with E-state index in [4.69, 9.17) is 4.74 Å². The van der Waals surface area contributed by atoms with Gasteiger partial charge in [0.15, 0.2) is 6.61 Å². The third-order valence-corrected chi connectivity index (χ3v) is 5.16. The van der Waals surface area contributed by atoms with Crippen molar-refractivity contribution in [3.63, 3.8) is 0 Å². The predicted octanol–water partition coefficient (Wildman–Crippen LogP) is 4.73. The zero-order chi connectivity index (χ0) is 20.6. The zero-order valence-corrected chi connectivity index (χ0v) is 17.2. The van der Waals surface area contributed by atoms with Crippen LogP contribution in [0.2, 0.25) is 0 Å². The summed E-state index contributed by atoms with van der Waals surface area (Å²) in [6.45, 7) is 5.60. The molecule has 0 saturated carbocycles. The fourth-order valence-electron chi connectivity index (χ4n) is 3.26. The molecule has 6 nitrogen and oxygen atoms in total. The first-order valence-electron chi connectivity index (χ1n) is 10.2. The summed E-state index contributed by atoms with van der Waals surface area (Å²) in [4.78, 5) is 26.4. The van der Waals surface area contributed by atoms with E-state index in [-0.39, 0.29) is 18.5 Å². The van der Waals surface area contributed by atoms with Gasteiger partial charge in [-0.3, -0.25) is 4.79 Å². The molecular formula is C23H29N3O3. The van der Waals surface area contributed by atoms with Crippen molar-refractivity contribution in [1.82, 2.24) is 4.90 Å². The molecule has 1 aliphatic heterocycles. The molecule has 3 amide bonds. The molecule has 1 fully saturated rings. The van der Waals surface area contributed by atoms with Gasteiger partial charge in [-0.1, -0.05) is 18.9 Å². The summed E-state index contributed by atoms with van der Waals surface area (Å²) < 4.78 is 5.55. The largest absolute Gasteiger partial charge is 0.484 e. The molecule has 0 aliphatic carbocycles. The van der Waals surface area contributed by atoms with Gasteiger partial charge in [0.25, 0.3) is 5.91 Å². The average Bonchev–Trinajstić information content (AvgIpc) is 3.00. The Labute approximate surface area is 172 Å². The molecule has 3 rings (SSSR count). The molecule has 2 aromatic rings. The van der Waals surface area contributed by atoms with E-state index in [0.717, 1.165) is 31.5 Å². The molecule has 1 heterocycles. The smallest absolute Gasteiger partial charge is 0.321 e. The Morgan fingerprint density at radius 2 is 1.48 bits per heavy atom. The number of amides is 3. The van der Waals surface area contributed by atoms with Crippen molar-refractivity contribution < 1.29 is 14.3 Å². The number of carbonyl (C=O) groups excluding carboxylic acids is 2. The normalized spacial score (nSPS) is 14.1. The van der Waals surface area contributed by atoms with Crippen LogP contribution in [0.3, 0.4) is 0 Å². The second-order valence-electron chi connectivity index (χ2n) is 7.49. The van der Waals surface area contributed by atoms with Gasteiger partial charge >= 0.3 is 6.03 Å². The molecule has 6 heteroatoms. The van der Waals surface area contributed by atoms with Crippen LogP contribution in [0, 0.1) is 13.8 Å². The Bertz CT molecular complexity index is 841. The molecule has 1 aliphatic rings. The molecular weight excluding hydrogens is 366 g/mol. The summed E-state index contributed by atoms with van der Waals surface area (Å²) in [6.07, 6.45) is 4.49. The van der Waals surface area contributed by atoms with Gasteiger partial charge in [-0.25, -0.2) is 4.79 Å².